The maximum atomic E-state index is 11.2. The van der Waals surface area contributed by atoms with E-state index in [9.17, 15) is 4.79 Å². The van der Waals surface area contributed by atoms with Crippen molar-refractivity contribution in [2.24, 2.45) is 11.5 Å². The van der Waals surface area contributed by atoms with Crippen LogP contribution in [0.3, 0.4) is 0 Å². The Morgan fingerprint density at radius 2 is 2.05 bits per heavy atom. The van der Waals surface area contributed by atoms with Gasteiger partial charge in [0.05, 0.1) is 16.6 Å². The van der Waals surface area contributed by atoms with E-state index in [1.54, 1.807) is 6.92 Å². The van der Waals surface area contributed by atoms with E-state index < -0.39 is 11.4 Å². The minimum Gasteiger partial charge on any atom is -0.368 e. The molecular weight excluding hydrogens is 264 g/mol. The summed E-state index contributed by atoms with van der Waals surface area (Å²) in [6, 6.07) is 8.17. The van der Waals surface area contributed by atoms with Crippen molar-refractivity contribution in [1.82, 2.24) is 9.55 Å². The van der Waals surface area contributed by atoms with Gasteiger partial charge in [0.1, 0.15) is 5.82 Å². The van der Waals surface area contributed by atoms with Crippen LogP contribution < -0.4 is 11.5 Å². The number of primary amides is 1. The van der Waals surface area contributed by atoms with Crippen molar-refractivity contribution in [3.63, 3.8) is 0 Å². The number of aryl methyl sites for hydroxylation is 2. The van der Waals surface area contributed by atoms with E-state index in [4.69, 9.17) is 11.5 Å². The Bertz CT molecular complexity index is 630. The fourth-order valence-electron chi connectivity index (χ4n) is 2.53. The van der Waals surface area contributed by atoms with Crippen molar-refractivity contribution in [1.29, 1.82) is 0 Å². The number of benzene rings is 1. The largest absolute Gasteiger partial charge is 0.368 e. The zero-order chi connectivity index (χ0) is 15.5. The van der Waals surface area contributed by atoms with Gasteiger partial charge in [-0.3, -0.25) is 4.79 Å². The van der Waals surface area contributed by atoms with Crippen molar-refractivity contribution in [3.05, 3.63) is 30.1 Å². The molecule has 1 amide bonds. The molecule has 0 spiro atoms. The molecule has 5 nitrogen and oxygen atoms in total. The van der Waals surface area contributed by atoms with Gasteiger partial charge < -0.3 is 16.0 Å². The van der Waals surface area contributed by atoms with Crippen LogP contribution in [-0.4, -0.2) is 21.0 Å². The van der Waals surface area contributed by atoms with Crippen LogP contribution in [0, 0.1) is 0 Å². The number of amides is 1. The molecule has 0 fully saturated rings. The molecule has 0 aliphatic rings. The number of fused-ring (bicyclic) bond motifs is 1. The van der Waals surface area contributed by atoms with Crippen molar-refractivity contribution in [2.75, 3.05) is 0 Å². The predicted octanol–water partition coefficient (Wildman–Crippen LogP) is 1.97. The summed E-state index contributed by atoms with van der Waals surface area (Å²) in [5, 5.41) is 0. The Kier molecular flexibility index (Phi) is 4.63. The lowest BCUT2D eigenvalue weighted by molar-refractivity contribution is -0.122. The standard InChI is InChI=1S/C16H24N4O/c1-3-14-19-12-8-4-5-9-13(12)20(14)11-7-6-10-16(2,18)15(17)21/h4-5,8-9H,3,6-7,10-11,18H2,1-2H3,(H2,17,21). The molecule has 21 heavy (non-hydrogen) atoms. The first-order valence-electron chi connectivity index (χ1n) is 7.48. The lowest BCUT2D eigenvalue weighted by Gasteiger charge is -2.20. The number of carbonyl (C=O) groups is 1. The molecule has 1 heterocycles. The van der Waals surface area contributed by atoms with Gasteiger partial charge >= 0.3 is 0 Å². The van der Waals surface area contributed by atoms with E-state index in [0.717, 1.165) is 37.1 Å². The summed E-state index contributed by atoms with van der Waals surface area (Å²) >= 11 is 0. The highest BCUT2D eigenvalue weighted by molar-refractivity contribution is 5.83. The number of rotatable bonds is 7. The van der Waals surface area contributed by atoms with Crippen LogP contribution in [-0.2, 0) is 17.8 Å². The Morgan fingerprint density at radius 1 is 1.33 bits per heavy atom. The third-order valence-corrected chi connectivity index (χ3v) is 3.94. The zero-order valence-corrected chi connectivity index (χ0v) is 12.8. The van der Waals surface area contributed by atoms with Gasteiger partial charge in [0.15, 0.2) is 0 Å². The van der Waals surface area contributed by atoms with Crippen molar-refractivity contribution in [2.45, 2.75) is 51.6 Å². The molecule has 2 rings (SSSR count). The summed E-state index contributed by atoms with van der Waals surface area (Å²) in [7, 11) is 0. The van der Waals surface area contributed by atoms with Gasteiger partial charge in [0, 0.05) is 13.0 Å². The minimum atomic E-state index is -0.912. The summed E-state index contributed by atoms with van der Waals surface area (Å²) in [4.78, 5) is 15.9. The maximum Gasteiger partial charge on any atom is 0.237 e. The molecule has 1 aromatic heterocycles. The van der Waals surface area contributed by atoms with E-state index in [1.165, 1.54) is 5.52 Å². The highest BCUT2D eigenvalue weighted by atomic mass is 16.1. The molecule has 5 heteroatoms. The average Bonchev–Trinajstić information content (AvgIpc) is 2.81. The molecule has 4 N–H and O–H groups in total. The number of nitrogens with two attached hydrogens (primary N) is 2. The van der Waals surface area contributed by atoms with Crippen LogP contribution in [0.5, 0.6) is 0 Å². The SMILES string of the molecule is CCc1nc2ccccc2n1CCCCC(C)(N)C(N)=O. The Balaban J connectivity index is 2.02. The zero-order valence-electron chi connectivity index (χ0n) is 12.8. The van der Waals surface area contributed by atoms with Gasteiger partial charge in [0.25, 0.3) is 0 Å². The first-order valence-corrected chi connectivity index (χ1v) is 7.48. The molecule has 1 atom stereocenters. The highest BCUT2D eigenvalue weighted by Gasteiger charge is 2.24. The molecule has 0 aliphatic carbocycles. The quantitative estimate of drug-likeness (QED) is 0.764. The first-order chi connectivity index (χ1) is 9.95. The number of para-hydroxylation sites is 2. The van der Waals surface area contributed by atoms with Gasteiger partial charge in [-0.25, -0.2) is 4.98 Å². The summed E-state index contributed by atoms with van der Waals surface area (Å²) in [6.45, 7) is 4.69. The lowest BCUT2D eigenvalue weighted by atomic mass is 9.95. The smallest absolute Gasteiger partial charge is 0.237 e. The van der Waals surface area contributed by atoms with Gasteiger partial charge in [-0.2, -0.15) is 0 Å². The maximum absolute atomic E-state index is 11.2. The van der Waals surface area contributed by atoms with E-state index in [1.807, 2.05) is 18.2 Å². The third kappa shape index (κ3) is 3.42. The second kappa shape index (κ2) is 6.26. The Labute approximate surface area is 125 Å². The van der Waals surface area contributed by atoms with Gasteiger partial charge in [0.2, 0.25) is 5.91 Å². The summed E-state index contributed by atoms with van der Waals surface area (Å²) in [6.07, 6.45) is 3.33. The van der Waals surface area contributed by atoms with Crippen LogP contribution in [0.1, 0.15) is 38.9 Å². The van der Waals surface area contributed by atoms with Crippen LogP contribution in [0.4, 0.5) is 0 Å². The molecule has 0 saturated carbocycles. The summed E-state index contributed by atoms with van der Waals surface area (Å²) in [5.41, 5.74) is 12.5. The van der Waals surface area contributed by atoms with Crippen LogP contribution in [0.25, 0.3) is 11.0 Å². The Morgan fingerprint density at radius 3 is 2.71 bits per heavy atom. The molecule has 0 bridgehead atoms. The van der Waals surface area contributed by atoms with Gasteiger partial charge in [-0.05, 0) is 38.3 Å². The minimum absolute atomic E-state index is 0.440. The lowest BCUT2D eigenvalue weighted by Crippen LogP contribution is -2.49. The number of nitrogens with zero attached hydrogens (tertiary/aromatic N) is 2. The Hall–Kier alpha value is -1.88. The van der Waals surface area contributed by atoms with E-state index in [2.05, 4.69) is 22.5 Å². The van der Waals surface area contributed by atoms with Crippen LogP contribution >= 0.6 is 0 Å². The predicted molar refractivity (Wildman–Crippen MR) is 84.7 cm³/mol. The van der Waals surface area contributed by atoms with Crippen LogP contribution in [0.2, 0.25) is 0 Å². The number of carbonyl (C=O) groups excluding carboxylic acids is 1. The second-order valence-electron chi connectivity index (χ2n) is 5.76. The summed E-state index contributed by atoms with van der Waals surface area (Å²) in [5.74, 6) is 0.659. The molecule has 0 radical (unpaired) electrons. The highest BCUT2D eigenvalue weighted by Crippen LogP contribution is 2.18. The molecular formula is C16H24N4O. The van der Waals surface area contributed by atoms with Crippen molar-refractivity contribution in [3.8, 4) is 0 Å². The average molecular weight is 288 g/mol. The van der Waals surface area contributed by atoms with Crippen LogP contribution in [0.15, 0.2) is 24.3 Å². The number of unbranched alkanes of at least 4 members (excludes halogenated alkanes) is 1. The van der Waals surface area contributed by atoms with E-state index in [-0.39, 0.29) is 0 Å². The first kappa shape index (κ1) is 15.5. The molecule has 1 unspecified atom stereocenters. The third-order valence-electron chi connectivity index (χ3n) is 3.94. The molecule has 2 aromatic rings. The molecule has 114 valence electrons. The normalized spacial score (nSPS) is 14.2. The summed E-state index contributed by atoms with van der Waals surface area (Å²) < 4.78 is 2.26. The van der Waals surface area contributed by atoms with E-state index >= 15 is 0 Å². The second-order valence-corrected chi connectivity index (χ2v) is 5.76. The van der Waals surface area contributed by atoms with Crippen molar-refractivity contribution < 1.29 is 4.79 Å². The van der Waals surface area contributed by atoms with E-state index in [0.29, 0.717) is 6.42 Å². The molecule has 0 aliphatic heterocycles. The van der Waals surface area contributed by atoms with Gasteiger partial charge in [-0.15, -0.1) is 0 Å². The fourth-order valence-corrected chi connectivity index (χ4v) is 2.53. The topological polar surface area (TPSA) is 86.9 Å². The van der Waals surface area contributed by atoms with Crippen molar-refractivity contribution >= 4 is 16.9 Å². The number of aromatic nitrogens is 2. The molecule has 1 aromatic carbocycles. The number of hydrogen-bond donors (Lipinski definition) is 2. The number of hydrogen-bond acceptors (Lipinski definition) is 3. The van der Waals surface area contributed by atoms with Gasteiger partial charge in [-0.1, -0.05) is 19.1 Å². The molecule has 0 saturated heterocycles. The fraction of sp³-hybridized carbons (Fsp3) is 0.500. The monoisotopic (exact) mass is 288 g/mol. The number of imidazole rings is 1.